The van der Waals surface area contributed by atoms with Gasteiger partial charge in [0.25, 0.3) is 0 Å². The van der Waals surface area contributed by atoms with E-state index >= 15 is 0 Å². The van der Waals surface area contributed by atoms with E-state index in [-0.39, 0.29) is 11.9 Å². The van der Waals surface area contributed by atoms with Gasteiger partial charge in [0.15, 0.2) is 0 Å². The molecule has 0 aliphatic heterocycles. The van der Waals surface area contributed by atoms with Gasteiger partial charge in [0.05, 0.1) is 13.7 Å². The Balaban J connectivity index is 3.89. The van der Waals surface area contributed by atoms with Crippen LogP contribution < -0.4 is 0 Å². The molecule has 0 heterocycles. The molecule has 4 nitrogen and oxygen atoms in total. The lowest BCUT2D eigenvalue weighted by atomic mass is 10.0. The predicted molar refractivity (Wildman–Crippen MR) is 83.8 cm³/mol. The Morgan fingerprint density at radius 3 is 2.52 bits per heavy atom. The van der Waals surface area contributed by atoms with Gasteiger partial charge in [-0.3, -0.25) is 0 Å². The van der Waals surface area contributed by atoms with E-state index in [9.17, 15) is 9.59 Å². The summed E-state index contributed by atoms with van der Waals surface area (Å²) in [4.78, 5) is 22.4. The quantitative estimate of drug-likeness (QED) is 0.349. The van der Waals surface area contributed by atoms with E-state index < -0.39 is 0 Å². The number of rotatable bonds is 10. The molecule has 4 heteroatoms. The number of ether oxygens (including phenoxy) is 2. The number of carbonyl (C=O) groups excluding carboxylic acids is 2. The molecule has 0 spiro atoms. The molecule has 1 unspecified atom stereocenters. The van der Waals surface area contributed by atoms with Crippen molar-refractivity contribution in [2.75, 3.05) is 13.7 Å². The first kappa shape index (κ1) is 19.4. The standard InChI is InChI=1S/C17H28O4/c1-5-6-12-21-16(18)11-10-14(2)8-7-9-15(3)13-17(19)20-4/h10-11,13-14H,5-9,12H2,1-4H3/b11-10+,15-13-. The maximum Gasteiger partial charge on any atom is 0.330 e. The molecule has 0 bridgehead atoms. The summed E-state index contributed by atoms with van der Waals surface area (Å²) in [5, 5.41) is 0. The third-order valence-corrected chi connectivity index (χ3v) is 3.10. The van der Waals surface area contributed by atoms with Crippen LogP contribution in [0.3, 0.4) is 0 Å². The summed E-state index contributed by atoms with van der Waals surface area (Å²) in [5.74, 6) is -0.262. The minimum absolute atomic E-state index is 0.267. The minimum Gasteiger partial charge on any atom is -0.466 e. The van der Waals surface area contributed by atoms with Crippen LogP contribution in [-0.4, -0.2) is 25.7 Å². The Labute approximate surface area is 128 Å². The fraction of sp³-hybridized carbons (Fsp3) is 0.647. The van der Waals surface area contributed by atoms with Crippen molar-refractivity contribution in [2.45, 2.75) is 52.9 Å². The number of unbranched alkanes of at least 4 members (excludes halogenated alkanes) is 1. The molecule has 0 radical (unpaired) electrons. The molecule has 0 N–H and O–H groups in total. The summed E-state index contributed by atoms with van der Waals surface area (Å²) < 4.78 is 9.62. The third kappa shape index (κ3) is 11.9. The van der Waals surface area contributed by atoms with Crippen LogP contribution in [0.4, 0.5) is 0 Å². The van der Waals surface area contributed by atoms with Crippen molar-refractivity contribution in [2.24, 2.45) is 5.92 Å². The minimum atomic E-state index is -0.310. The monoisotopic (exact) mass is 296 g/mol. The number of hydrogen-bond acceptors (Lipinski definition) is 4. The van der Waals surface area contributed by atoms with E-state index in [0.29, 0.717) is 12.5 Å². The van der Waals surface area contributed by atoms with Gasteiger partial charge in [-0.1, -0.05) is 31.9 Å². The summed E-state index contributed by atoms with van der Waals surface area (Å²) in [6, 6.07) is 0. The molecule has 0 aromatic heterocycles. The molecule has 0 aromatic rings. The van der Waals surface area contributed by atoms with Crippen molar-refractivity contribution in [1.29, 1.82) is 0 Å². The van der Waals surface area contributed by atoms with Crippen molar-refractivity contribution in [1.82, 2.24) is 0 Å². The molecule has 0 saturated heterocycles. The number of methoxy groups -OCH3 is 1. The van der Waals surface area contributed by atoms with E-state index in [1.54, 1.807) is 0 Å². The van der Waals surface area contributed by atoms with Gasteiger partial charge in [-0.05, 0) is 38.5 Å². The van der Waals surface area contributed by atoms with Gasteiger partial charge in [0.1, 0.15) is 0 Å². The molecular weight excluding hydrogens is 268 g/mol. The highest BCUT2D eigenvalue weighted by molar-refractivity contribution is 5.82. The van der Waals surface area contributed by atoms with Crippen molar-refractivity contribution in [3.63, 3.8) is 0 Å². The Hall–Kier alpha value is -1.58. The first-order chi connectivity index (χ1) is 9.99. The molecule has 0 amide bonds. The zero-order valence-corrected chi connectivity index (χ0v) is 13.7. The Kier molecular flexibility index (Phi) is 11.3. The van der Waals surface area contributed by atoms with Gasteiger partial charge in [0.2, 0.25) is 0 Å². The average molecular weight is 296 g/mol. The van der Waals surface area contributed by atoms with Crippen LogP contribution in [0.2, 0.25) is 0 Å². The number of allylic oxidation sites excluding steroid dienone is 2. The van der Waals surface area contributed by atoms with Crippen LogP contribution in [0.15, 0.2) is 23.8 Å². The van der Waals surface area contributed by atoms with Crippen LogP contribution in [0, 0.1) is 5.92 Å². The van der Waals surface area contributed by atoms with E-state index in [0.717, 1.165) is 37.7 Å². The highest BCUT2D eigenvalue weighted by Crippen LogP contribution is 2.13. The van der Waals surface area contributed by atoms with Gasteiger partial charge in [0, 0.05) is 12.2 Å². The zero-order valence-electron chi connectivity index (χ0n) is 13.7. The Bertz CT molecular complexity index is 369. The van der Waals surface area contributed by atoms with Crippen LogP contribution in [0.5, 0.6) is 0 Å². The van der Waals surface area contributed by atoms with Crippen LogP contribution in [-0.2, 0) is 19.1 Å². The second kappa shape index (κ2) is 12.2. The first-order valence-corrected chi connectivity index (χ1v) is 7.59. The maximum atomic E-state index is 11.4. The molecule has 1 atom stereocenters. The summed E-state index contributed by atoms with van der Waals surface area (Å²) in [7, 11) is 1.37. The van der Waals surface area contributed by atoms with E-state index in [4.69, 9.17) is 4.74 Å². The maximum absolute atomic E-state index is 11.4. The molecule has 0 fully saturated rings. The third-order valence-electron chi connectivity index (χ3n) is 3.10. The van der Waals surface area contributed by atoms with E-state index in [1.165, 1.54) is 19.3 Å². The van der Waals surface area contributed by atoms with Crippen LogP contribution in [0.25, 0.3) is 0 Å². The summed E-state index contributed by atoms with van der Waals surface area (Å²) >= 11 is 0. The van der Waals surface area contributed by atoms with Crippen molar-refractivity contribution >= 4 is 11.9 Å². The smallest absolute Gasteiger partial charge is 0.330 e. The fourth-order valence-electron chi connectivity index (χ4n) is 1.74. The second-order valence-electron chi connectivity index (χ2n) is 5.26. The van der Waals surface area contributed by atoms with Crippen molar-refractivity contribution < 1.29 is 19.1 Å². The van der Waals surface area contributed by atoms with E-state index in [1.807, 2.05) is 13.0 Å². The lowest BCUT2D eigenvalue weighted by molar-refractivity contribution is -0.138. The molecule has 0 aliphatic carbocycles. The van der Waals surface area contributed by atoms with E-state index in [2.05, 4.69) is 18.6 Å². The van der Waals surface area contributed by atoms with Crippen molar-refractivity contribution in [3.05, 3.63) is 23.8 Å². The van der Waals surface area contributed by atoms with Crippen LogP contribution >= 0.6 is 0 Å². The van der Waals surface area contributed by atoms with Gasteiger partial charge < -0.3 is 9.47 Å². The second-order valence-corrected chi connectivity index (χ2v) is 5.26. The summed E-state index contributed by atoms with van der Waals surface area (Å²) in [5.41, 5.74) is 1.01. The van der Waals surface area contributed by atoms with Crippen molar-refractivity contribution in [3.8, 4) is 0 Å². The van der Waals surface area contributed by atoms with Gasteiger partial charge in [-0.15, -0.1) is 0 Å². The van der Waals surface area contributed by atoms with Gasteiger partial charge in [-0.2, -0.15) is 0 Å². The topological polar surface area (TPSA) is 52.6 Å². The fourth-order valence-corrected chi connectivity index (χ4v) is 1.74. The molecular formula is C17H28O4. The van der Waals surface area contributed by atoms with Gasteiger partial charge in [-0.25, -0.2) is 9.59 Å². The average Bonchev–Trinajstić information content (AvgIpc) is 2.45. The highest BCUT2D eigenvalue weighted by atomic mass is 16.5. The SMILES string of the molecule is CCCCOC(=O)/C=C/C(C)CCC/C(C)=C\C(=O)OC. The zero-order chi connectivity index (χ0) is 16.1. The molecule has 21 heavy (non-hydrogen) atoms. The normalized spacial score (nSPS) is 13.2. The predicted octanol–water partition coefficient (Wildman–Crippen LogP) is 3.81. The molecule has 120 valence electrons. The number of esters is 2. The molecule has 0 rings (SSSR count). The Morgan fingerprint density at radius 1 is 1.19 bits per heavy atom. The largest absolute Gasteiger partial charge is 0.466 e. The molecule has 0 saturated carbocycles. The summed E-state index contributed by atoms with van der Waals surface area (Å²) in [6.45, 7) is 6.53. The lowest BCUT2D eigenvalue weighted by Crippen LogP contribution is -2.03. The highest BCUT2D eigenvalue weighted by Gasteiger charge is 2.02. The summed E-state index contributed by atoms with van der Waals surface area (Å²) in [6.07, 6.45) is 9.62. The molecule has 0 aromatic carbocycles. The lowest BCUT2D eigenvalue weighted by Gasteiger charge is -2.06. The Morgan fingerprint density at radius 2 is 1.90 bits per heavy atom. The first-order valence-electron chi connectivity index (χ1n) is 7.59. The number of hydrogen-bond donors (Lipinski definition) is 0. The van der Waals surface area contributed by atoms with Gasteiger partial charge >= 0.3 is 11.9 Å². The number of carbonyl (C=O) groups is 2. The molecule has 0 aliphatic rings. The van der Waals surface area contributed by atoms with Crippen LogP contribution in [0.1, 0.15) is 52.9 Å².